The molecule has 0 spiro atoms. The summed E-state index contributed by atoms with van der Waals surface area (Å²) >= 11 is 0. The first-order chi connectivity index (χ1) is 5.38. The van der Waals surface area contributed by atoms with Crippen LogP contribution in [-0.2, 0) is 0 Å². The van der Waals surface area contributed by atoms with Crippen molar-refractivity contribution in [1.82, 2.24) is 0 Å². The lowest BCUT2D eigenvalue weighted by Gasteiger charge is -2.04. The molecule has 1 heteroatoms. The molecule has 0 saturated heterocycles. The van der Waals surface area contributed by atoms with E-state index in [1.165, 1.54) is 10.8 Å². The van der Waals surface area contributed by atoms with Gasteiger partial charge < -0.3 is 0 Å². The predicted octanol–water partition coefficient (Wildman–Crippen LogP) is 0.880. The molecule has 0 amide bonds. The number of hydrogen-bond acceptors (Lipinski definition) is 1. The minimum atomic E-state index is 0.961. The summed E-state index contributed by atoms with van der Waals surface area (Å²) in [7, 11) is 0. The van der Waals surface area contributed by atoms with Crippen LogP contribution in [0, 0.1) is 0 Å². The van der Waals surface area contributed by atoms with Gasteiger partial charge in [-0.15, -0.1) is 0 Å². The highest BCUT2D eigenvalue weighted by atomic mass is 14.7. The van der Waals surface area contributed by atoms with Crippen LogP contribution in [0.25, 0.3) is 5.57 Å². The lowest BCUT2D eigenvalue weighted by molar-refractivity contribution is 0.932. The van der Waals surface area contributed by atoms with E-state index in [0.717, 1.165) is 18.3 Å². The summed E-state index contributed by atoms with van der Waals surface area (Å²) in [6.07, 6.45) is 1.12. The Morgan fingerprint density at radius 3 is 2.91 bits per heavy atom. The lowest BCUT2D eigenvalue weighted by atomic mass is 10.1. The fourth-order valence-corrected chi connectivity index (χ4v) is 1.45. The van der Waals surface area contributed by atoms with Crippen molar-refractivity contribution in [2.24, 2.45) is 4.99 Å². The van der Waals surface area contributed by atoms with Crippen LogP contribution in [0.3, 0.4) is 0 Å². The second-order valence-electron chi connectivity index (χ2n) is 2.93. The topological polar surface area (TPSA) is 12.4 Å². The van der Waals surface area contributed by atoms with E-state index in [-0.39, 0.29) is 0 Å². The third kappa shape index (κ3) is 1.07. The smallest absolute Gasteiger partial charge is 0.0646 e. The molecular weight excluding hydrogens is 134 g/mol. The van der Waals surface area contributed by atoms with Gasteiger partial charge in [-0.2, -0.15) is 0 Å². The van der Waals surface area contributed by atoms with Crippen molar-refractivity contribution in [3.63, 3.8) is 0 Å². The maximum Gasteiger partial charge on any atom is 0.0646 e. The van der Waals surface area contributed by atoms with Crippen molar-refractivity contribution in [3.8, 4) is 0 Å². The monoisotopic (exact) mass is 145 g/mol. The number of rotatable bonds is 0. The zero-order valence-corrected chi connectivity index (χ0v) is 6.67. The fraction of sp³-hybridized carbons (Fsp3) is 0.300. The highest BCUT2D eigenvalue weighted by Crippen LogP contribution is 1.99. The molecule has 0 aromatic heterocycles. The summed E-state index contributed by atoms with van der Waals surface area (Å²) in [6, 6.07) is 8.34. The average Bonchev–Trinajstić information content (AvgIpc) is 2.06. The van der Waals surface area contributed by atoms with Crippen LogP contribution in [0.1, 0.15) is 13.3 Å². The van der Waals surface area contributed by atoms with Crippen molar-refractivity contribution in [2.45, 2.75) is 13.3 Å². The Kier molecular flexibility index (Phi) is 1.50. The van der Waals surface area contributed by atoms with Crippen LogP contribution in [0.15, 0.2) is 29.3 Å². The first-order valence-electron chi connectivity index (χ1n) is 3.97. The molecule has 0 radical (unpaired) electrons. The first-order valence-corrected chi connectivity index (χ1v) is 3.97. The van der Waals surface area contributed by atoms with Crippen molar-refractivity contribution in [1.29, 1.82) is 0 Å². The standard InChI is InChI=1S/C10H11N/c1-8-6-7-11-10-5-3-2-4-9(8)10/h2-5H,6-7H2,1H3. The largest absolute Gasteiger partial charge is 0.284 e. The molecule has 56 valence electrons. The third-order valence-electron chi connectivity index (χ3n) is 2.13. The minimum absolute atomic E-state index is 0.961. The van der Waals surface area contributed by atoms with Crippen LogP contribution < -0.4 is 10.6 Å². The quantitative estimate of drug-likeness (QED) is 0.514. The van der Waals surface area contributed by atoms with Crippen molar-refractivity contribution in [3.05, 3.63) is 34.8 Å². The van der Waals surface area contributed by atoms with E-state index in [1.54, 1.807) is 0 Å². The Bertz CT molecular complexity index is 376. The van der Waals surface area contributed by atoms with Crippen molar-refractivity contribution in [2.75, 3.05) is 6.54 Å². The second kappa shape index (κ2) is 2.50. The highest BCUT2D eigenvalue weighted by Gasteiger charge is 1.97. The number of nitrogens with zero attached hydrogens (tertiary/aromatic N) is 1. The van der Waals surface area contributed by atoms with Gasteiger partial charge in [0.05, 0.1) is 5.36 Å². The Hall–Kier alpha value is -1.11. The lowest BCUT2D eigenvalue weighted by Crippen LogP contribution is -2.29. The molecule has 2 rings (SSSR count). The summed E-state index contributed by atoms with van der Waals surface area (Å²) in [5, 5.41) is 2.50. The molecule has 11 heavy (non-hydrogen) atoms. The molecule has 0 aliphatic carbocycles. The molecule has 0 bridgehead atoms. The SMILES string of the molecule is CC1=c2ccccc2=NCC1. The van der Waals surface area contributed by atoms with E-state index in [2.05, 4.69) is 30.1 Å². The molecule has 1 aromatic rings. The van der Waals surface area contributed by atoms with Gasteiger partial charge in [0.2, 0.25) is 0 Å². The number of benzene rings is 1. The Morgan fingerprint density at radius 2 is 2.09 bits per heavy atom. The van der Waals surface area contributed by atoms with Gasteiger partial charge in [0.25, 0.3) is 0 Å². The summed E-state index contributed by atoms with van der Waals surface area (Å²) in [6.45, 7) is 3.15. The minimum Gasteiger partial charge on any atom is -0.284 e. The third-order valence-corrected chi connectivity index (χ3v) is 2.13. The Balaban J connectivity index is 2.89. The van der Waals surface area contributed by atoms with Gasteiger partial charge in [0.15, 0.2) is 0 Å². The van der Waals surface area contributed by atoms with Gasteiger partial charge >= 0.3 is 0 Å². The van der Waals surface area contributed by atoms with Crippen molar-refractivity contribution >= 4 is 5.57 Å². The van der Waals surface area contributed by atoms with Gasteiger partial charge in [0.1, 0.15) is 0 Å². The summed E-state index contributed by atoms with van der Waals surface area (Å²) < 4.78 is 0. The van der Waals surface area contributed by atoms with Gasteiger partial charge in [-0.1, -0.05) is 23.8 Å². The van der Waals surface area contributed by atoms with Gasteiger partial charge in [-0.05, 0) is 24.6 Å². The molecule has 0 fully saturated rings. The van der Waals surface area contributed by atoms with Crippen LogP contribution in [0.5, 0.6) is 0 Å². The summed E-state index contributed by atoms with van der Waals surface area (Å²) in [4.78, 5) is 4.42. The zero-order chi connectivity index (χ0) is 7.68. The molecular formula is C10H11N. The van der Waals surface area contributed by atoms with Gasteiger partial charge in [-0.25, -0.2) is 0 Å². The van der Waals surface area contributed by atoms with E-state index in [4.69, 9.17) is 0 Å². The van der Waals surface area contributed by atoms with Crippen LogP contribution >= 0.6 is 0 Å². The number of hydrogen-bond donors (Lipinski definition) is 0. The molecule has 1 aromatic carbocycles. The van der Waals surface area contributed by atoms with E-state index >= 15 is 0 Å². The zero-order valence-electron chi connectivity index (χ0n) is 6.67. The normalized spacial score (nSPS) is 15.5. The number of para-hydroxylation sites is 1. The second-order valence-corrected chi connectivity index (χ2v) is 2.93. The summed E-state index contributed by atoms with van der Waals surface area (Å²) in [5.74, 6) is 0. The Morgan fingerprint density at radius 1 is 1.27 bits per heavy atom. The maximum absolute atomic E-state index is 4.42. The van der Waals surface area contributed by atoms with Crippen LogP contribution in [0.2, 0.25) is 0 Å². The molecule has 1 nitrogen and oxygen atoms in total. The van der Waals surface area contributed by atoms with Gasteiger partial charge in [0, 0.05) is 6.54 Å². The maximum atomic E-state index is 4.42. The summed E-state index contributed by atoms with van der Waals surface area (Å²) in [5.41, 5.74) is 1.47. The van der Waals surface area contributed by atoms with Gasteiger partial charge in [-0.3, -0.25) is 4.99 Å². The number of fused-ring (bicyclic) bond motifs is 1. The fourth-order valence-electron chi connectivity index (χ4n) is 1.45. The molecule has 0 unspecified atom stereocenters. The molecule has 1 aliphatic rings. The van der Waals surface area contributed by atoms with E-state index in [0.29, 0.717) is 0 Å². The molecule has 0 atom stereocenters. The molecule has 1 heterocycles. The van der Waals surface area contributed by atoms with E-state index in [1.807, 2.05) is 6.07 Å². The highest BCUT2D eigenvalue weighted by molar-refractivity contribution is 5.42. The van der Waals surface area contributed by atoms with E-state index in [9.17, 15) is 0 Å². The Labute approximate surface area is 66.1 Å². The van der Waals surface area contributed by atoms with Crippen molar-refractivity contribution < 1.29 is 0 Å². The van der Waals surface area contributed by atoms with E-state index < -0.39 is 0 Å². The molecule has 0 saturated carbocycles. The molecule has 0 N–H and O–H groups in total. The first kappa shape index (κ1) is 6.59. The van der Waals surface area contributed by atoms with Crippen LogP contribution in [-0.4, -0.2) is 6.54 Å². The average molecular weight is 145 g/mol. The predicted molar refractivity (Wildman–Crippen MR) is 45.8 cm³/mol. The molecule has 1 aliphatic heterocycles. The van der Waals surface area contributed by atoms with Crippen LogP contribution in [0.4, 0.5) is 0 Å².